The van der Waals surface area contributed by atoms with Gasteiger partial charge in [0.2, 0.25) is 0 Å². The standard InChI is InChI=1S/C7H12O2.5CH4/c1-4-6(3)7(8)9-5-2;;;;;/h3-5H2,1-2H3;5*1H4. The van der Waals surface area contributed by atoms with E-state index in [4.69, 9.17) is 0 Å². The summed E-state index contributed by atoms with van der Waals surface area (Å²) in [5.74, 6) is -0.278. The molecule has 0 radical (unpaired) electrons. The van der Waals surface area contributed by atoms with E-state index < -0.39 is 0 Å². The third-order valence-electron chi connectivity index (χ3n) is 0.991. The van der Waals surface area contributed by atoms with E-state index in [0.29, 0.717) is 18.6 Å². The smallest absolute Gasteiger partial charge is 0.333 e. The Kier molecular flexibility index (Phi) is 61.6. The fourth-order valence-electron chi connectivity index (χ4n) is 0.377. The minimum atomic E-state index is -0.278. The molecule has 0 aromatic rings. The van der Waals surface area contributed by atoms with Gasteiger partial charge in [-0.25, -0.2) is 4.79 Å². The molecule has 0 atom stereocenters. The van der Waals surface area contributed by atoms with Gasteiger partial charge in [-0.2, -0.15) is 0 Å². The average Bonchev–Trinajstić information content (AvgIpc) is 1.87. The SMILES string of the molecule is C.C.C.C.C.C=C(CC)C(=O)OCC. The van der Waals surface area contributed by atoms with Crippen molar-refractivity contribution in [1.82, 2.24) is 0 Å². The van der Waals surface area contributed by atoms with E-state index in [0.717, 1.165) is 0 Å². The molecular weight excluding hydrogens is 176 g/mol. The third-order valence-corrected chi connectivity index (χ3v) is 0.991. The number of carbonyl (C=O) groups excluding carboxylic acids is 1. The number of hydrogen-bond donors (Lipinski definition) is 0. The Morgan fingerprint density at radius 1 is 1.07 bits per heavy atom. The minimum absolute atomic E-state index is 0. The quantitative estimate of drug-likeness (QED) is 0.496. The van der Waals surface area contributed by atoms with Crippen LogP contribution >= 0.6 is 0 Å². The molecule has 0 amide bonds. The Hall–Kier alpha value is -0.790. The van der Waals surface area contributed by atoms with Gasteiger partial charge < -0.3 is 4.74 Å². The van der Waals surface area contributed by atoms with Crippen LogP contribution in [-0.2, 0) is 9.53 Å². The first kappa shape index (κ1) is 37.9. The van der Waals surface area contributed by atoms with Crippen molar-refractivity contribution in [2.75, 3.05) is 6.61 Å². The molecule has 0 bridgehead atoms. The summed E-state index contributed by atoms with van der Waals surface area (Å²) in [6, 6.07) is 0. The summed E-state index contributed by atoms with van der Waals surface area (Å²) >= 11 is 0. The lowest BCUT2D eigenvalue weighted by molar-refractivity contribution is -0.138. The second kappa shape index (κ2) is 22.8. The zero-order chi connectivity index (χ0) is 7.28. The van der Waals surface area contributed by atoms with Gasteiger partial charge in [0.05, 0.1) is 6.61 Å². The number of rotatable bonds is 3. The van der Waals surface area contributed by atoms with Crippen LogP contribution in [0.15, 0.2) is 12.2 Å². The highest BCUT2D eigenvalue weighted by Gasteiger charge is 2.02. The summed E-state index contributed by atoms with van der Waals surface area (Å²) in [5, 5.41) is 0. The molecule has 0 aliphatic carbocycles. The maximum atomic E-state index is 10.7. The van der Waals surface area contributed by atoms with Crippen molar-refractivity contribution in [2.45, 2.75) is 57.4 Å². The molecule has 0 aliphatic rings. The number of hydrogen-bond acceptors (Lipinski definition) is 2. The monoisotopic (exact) mass is 208 g/mol. The Balaban J connectivity index is -0.0000000320. The fourth-order valence-corrected chi connectivity index (χ4v) is 0.377. The molecule has 0 aromatic heterocycles. The number of ether oxygens (including phenoxy) is 1. The van der Waals surface area contributed by atoms with Crippen LogP contribution in [0.25, 0.3) is 0 Å². The van der Waals surface area contributed by atoms with E-state index in [-0.39, 0.29) is 43.1 Å². The van der Waals surface area contributed by atoms with E-state index >= 15 is 0 Å². The topological polar surface area (TPSA) is 26.3 Å². The van der Waals surface area contributed by atoms with Crippen LogP contribution in [0.3, 0.4) is 0 Å². The van der Waals surface area contributed by atoms with Crippen molar-refractivity contribution < 1.29 is 9.53 Å². The first-order valence-corrected chi connectivity index (χ1v) is 3.07. The highest BCUT2D eigenvalue weighted by molar-refractivity contribution is 5.87. The summed E-state index contributed by atoms with van der Waals surface area (Å²) < 4.78 is 4.66. The van der Waals surface area contributed by atoms with Crippen LogP contribution in [0.2, 0.25) is 0 Å². The molecule has 2 heteroatoms. The predicted molar refractivity (Wildman–Crippen MR) is 69.7 cm³/mol. The second-order valence-electron chi connectivity index (χ2n) is 1.68. The molecule has 0 heterocycles. The van der Waals surface area contributed by atoms with Crippen LogP contribution in [0, 0.1) is 0 Å². The zero-order valence-electron chi connectivity index (χ0n) is 5.94. The Bertz CT molecular complexity index is 117. The summed E-state index contributed by atoms with van der Waals surface area (Å²) in [6.07, 6.45) is 0.666. The van der Waals surface area contributed by atoms with Crippen LogP contribution < -0.4 is 0 Å². The minimum Gasteiger partial charge on any atom is -0.463 e. The molecule has 0 saturated carbocycles. The fraction of sp³-hybridized carbons (Fsp3) is 0.750. The first-order chi connectivity index (χ1) is 4.22. The number of esters is 1. The lowest BCUT2D eigenvalue weighted by Gasteiger charge is -1.99. The molecular formula is C12H32O2. The van der Waals surface area contributed by atoms with Crippen molar-refractivity contribution >= 4 is 5.97 Å². The van der Waals surface area contributed by atoms with Gasteiger partial charge in [-0.1, -0.05) is 50.6 Å². The van der Waals surface area contributed by atoms with E-state index in [2.05, 4.69) is 11.3 Å². The van der Waals surface area contributed by atoms with E-state index in [1.54, 1.807) is 6.92 Å². The zero-order valence-corrected chi connectivity index (χ0v) is 5.94. The molecule has 2 nitrogen and oxygen atoms in total. The molecule has 0 fully saturated rings. The van der Waals surface area contributed by atoms with E-state index in [1.165, 1.54) is 0 Å². The highest BCUT2D eigenvalue weighted by atomic mass is 16.5. The molecule has 14 heavy (non-hydrogen) atoms. The van der Waals surface area contributed by atoms with Crippen LogP contribution in [0.5, 0.6) is 0 Å². The van der Waals surface area contributed by atoms with Crippen molar-refractivity contribution in [3.05, 3.63) is 12.2 Å². The van der Waals surface area contributed by atoms with Gasteiger partial charge in [-0.05, 0) is 13.3 Å². The van der Waals surface area contributed by atoms with Gasteiger partial charge in [0.15, 0.2) is 0 Å². The van der Waals surface area contributed by atoms with Gasteiger partial charge in [0.1, 0.15) is 0 Å². The van der Waals surface area contributed by atoms with Crippen molar-refractivity contribution in [3.63, 3.8) is 0 Å². The molecule has 0 saturated heterocycles. The van der Waals surface area contributed by atoms with Crippen LogP contribution in [0.4, 0.5) is 0 Å². The first-order valence-electron chi connectivity index (χ1n) is 3.07. The maximum Gasteiger partial charge on any atom is 0.333 e. The highest BCUT2D eigenvalue weighted by Crippen LogP contribution is 1.98. The molecule has 0 spiro atoms. The predicted octanol–water partition coefficient (Wildman–Crippen LogP) is 4.70. The van der Waals surface area contributed by atoms with E-state index in [1.807, 2.05) is 6.92 Å². The molecule has 0 aromatic carbocycles. The lowest BCUT2D eigenvalue weighted by Crippen LogP contribution is -2.05. The van der Waals surface area contributed by atoms with Crippen LogP contribution in [-0.4, -0.2) is 12.6 Å². The summed E-state index contributed by atoms with van der Waals surface area (Å²) in [5.41, 5.74) is 0.539. The molecule has 92 valence electrons. The Morgan fingerprint density at radius 2 is 1.43 bits per heavy atom. The van der Waals surface area contributed by atoms with Gasteiger partial charge in [0.25, 0.3) is 0 Å². The molecule has 0 aliphatic heterocycles. The van der Waals surface area contributed by atoms with Crippen molar-refractivity contribution in [3.8, 4) is 0 Å². The lowest BCUT2D eigenvalue weighted by atomic mass is 10.2. The van der Waals surface area contributed by atoms with Gasteiger partial charge in [-0.15, -0.1) is 0 Å². The maximum absolute atomic E-state index is 10.7. The Morgan fingerprint density at radius 3 is 1.64 bits per heavy atom. The third kappa shape index (κ3) is 17.3. The van der Waals surface area contributed by atoms with Gasteiger partial charge in [-0.3, -0.25) is 0 Å². The molecule has 0 N–H and O–H groups in total. The summed E-state index contributed by atoms with van der Waals surface area (Å²) in [7, 11) is 0. The molecule has 0 unspecified atom stereocenters. The molecule has 0 rings (SSSR count). The summed E-state index contributed by atoms with van der Waals surface area (Å²) in [6.45, 7) is 7.60. The van der Waals surface area contributed by atoms with Crippen molar-refractivity contribution in [2.24, 2.45) is 0 Å². The largest absolute Gasteiger partial charge is 0.463 e. The summed E-state index contributed by atoms with van der Waals surface area (Å²) in [4.78, 5) is 10.7. The van der Waals surface area contributed by atoms with Gasteiger partial charge >= 0.3 is 5.97 Å². The van der Waals surface area contributed by atoms with Crippen LogP contribution in [0.1, 0.15) is 57.4 Å². The van der Waals surface area contributed by atoms with Crippen molar-refractivity contribution in [1.29, 1.82) is 0 Å². The van der Waals surface area contributed by atoms with E-state index in [9.17, 15) is 4.79 Å². The van der Waals surface area contributed by atoms with Gasteiger partial charge in [0, 0.05) is 5.57 Å². The number of carbonyl (C=O) groups is 1. The second-order valence-corrected chi connectivity index (χ2v) is 1.68. The Labute approximate surface area is 92.4 Å². The normalized spacial score (nSPS) is 5.57. The average molecular weight is 208 g/mol.